The molecule has 0 aliphatic carbocycles. The fourth-order valence-electron chi connectivity index (χ4n) is 1.80. The predicted octanol–water partition coefficient (Wildman–Crippen LogP) is -1.60. The van der Waals surface area contributed by atoms with Crippen molar-refractivity contribution < 1.29 is 24.3 Å². The molecule has 118 valence electrons. The molecule has 1 unspecified atom stereocenters. The van der Waals surface area contributed by atoms with Crippen molar-refractivity contribution in [3.05, 3.63) is 10.4 Å². The molecule has 7 N–H and O–H groups in total. The number of fused-ring (bicyclic) bond motifs is 1. The van der Waals surface area contributed by atoms with E-state index in [0.717, 1.165) is 0 Å². The molecule has 0 saturated carbocycles. The lowest BCUT2D eigenvalue weighted by atomic mass is 10.3. The molecule has 1 aromatic rings. The number of hydrogen-bond acceptors (Lipinski definition) is 8. The second-order valence-electron chi connectivity index (χ2n) is 4.45. The van der Waals surface area contributed by atoms with E-state index in [0.29, 0.717) is 0 Å². The highest BCUT2D eigenvalue weighted by Gasteiger charge is 2.28. The summed E-state index contributed by atoms with van der Waals surface area (Å²) in [6.45, 7) is -0.341. The van der Waals surface area contributed by atoms with Crippen LogP contribution in [-0.4, -0.2) is 50.4 Å². The number of anilines is 3. The van der Waals surface area contributed by atoms with E-state index in [9.17, 15) is 14.5 Å². The Labute approximate surface area is 118 Å². The molecule has 2 rings (SSSR count). The van der Waals surface area contributed by atoms with E-state index in [2.05, 4.69) is 15.3 Å². The van der Waals surface area contributed by atoms with Crippen LogP contribution in [-0.2, 0) is 9.40 Å². The summed E-state index contributed by atoms with van der Waals surface area (Å²) < 4.78 is 10.8. The van der Waals surface area contributed by atoms with Gasteiger partial charge in [0, 0.05) is 0 Å². The van der Waals surface area contributed by atoms with Crippen molar-refractivity contribution in [3.8, 4) is 0 Å². The number of aliphatic hydroxyl groups is 1. The maximum absolute atomic E-state index is 11.6. The second-order valence-corrected chi connectivity index (χ2v) is 6.23. The zero-order valence-corrected chi connectivity index (χ0v) is 11.8. The van der Waals surface area contributed by atoms with Gasteiger partial charge in [-0.15, -0.1) is 0 Å². The summed E-state index contributed by atoms with van der Waals surface area (Å²) >= 11 is 0. The molecule has 0 fully saturated rings. The van der Waals surface area contributed by atoms with Crippen molar-refractivity contribution in [2.45, 2.75) is 12.5 Å². The van der Waals surface area contributed by atoms with Gasteiger partial charge >= 0.3 is 7.60 Å². The molecule has 1 aromatic heterocycles. The third kappa shape index (κ3) is 3.93. The first-order valence-electron chi connectivity index (χ1n) is 6.03. The monoisotopic (exact) mass is 321 g/mol. The molecule has 1 atom stereocenters. The number of aromatic nitrogens is 2. The number of nitrogens with two attached hydrogens (primary N) is 1. The standard InChI is InChI=1S/C9H16N5O6P/c10-9-12-7-6(8(16)13-9)11-4-14(7)20-5(3-15)1-2-21(17,18)19/h5,11,15H,1-4H2,(H2,17,18,19)(H3,10,12,13,16). The lowest BCUT2D eigenvalue weighted by Crippen LogP contribution is -2.32. The smallest absolute Gasteiger partial charge is 0.325 e. The van der Waals surface area contributed by atoms with Crippen LogP contribution in [0.25, 0.3) is 0 Å². The van der Waals surface area contributed by atoms with Crippen LogP contribution in [0.2, 0.25) is 0 Å². The van der Waals surface area contributed by atoms with E-state index in [1.54, 1.807) is 0 Å². The molecule has 0 amide bonds. The third-order valence-corrected chi connectivity index (χ3v) is 3.62. The van der Waals surface area contributed by atoms with Crippen LogP contribution >= 0.6 is 7.60 Å². The fraction of sp³-hybridized carbons (Fsp3) is 0.556. The molecule has 0 spiro atoms. The van der Waals surface area contributed by atoms with Gasteiger partial charge in [-0.2, -0.15) is 4.98 Å². The van der Waals surface area contributed by atoms with Crippen molar-refractivity contribution in [3.63, 3.8) is 0 Å². The molecule has 12 heteroatoms. The molecule has 0 bridgehead atoms. The van der Waals surface area contributed by atoms with Crippen LogP contribution in [0.5, 0.6) is 0 Å². The SMILES string of the molecule is Nc1nc2c(c(=O)[nH]1)NCN2OC(CO)CCP(=O)(O)O. The number of aliphatic hydroxyl groups excluding tert-OH is 1. The van der Waals surface area contributed by atoms with Crippen LogP contribution in [0.1, 0.15) is 6.42 Å². The third-order valence-electron chi connectivity index (χ3n) is 2.78. The van der Waals surface area contributed by atoms with Gasteiger partial charge < -0.3 is 25.9 Å². The Morgan fingerprint density at radius 2 is 2.24 bits per heavy atom. The minimum absolute atomic E-state index is 0.0503. The van der Waals surface area contributed by atoms with Crippen LogP contribution in [0.4, 0.5) is 17.5 Å². The zero-order chi connectivity index (χ0) is 15.6. The maximum Gasteiger partial charge on any atom is 0.325 e. The van der Waals surface area contributed by atoms with Crippen LogP contribution in [0.3, 0.4) is 0 Å². The van der Waals surface area contributed by atoms with E-state index < -0.39 is 32.0 Å². The minimum atomic E-state index is -4.18. The summed E-state index contributed by atoms with van der Waals surface area (Å²) in [7, 11) is -4.18. The Bertz CT molecular complexity index is 615. The fourth-order valence-corrected chi connectivity index (χ4v) is 2.42. The average molecular weight is 321 g/mol. The Hall–Kier alpha value is -1.65. The number of hydrogen-bond donors (Lipinski definition) is 6. The number of nitrogens with one attached hydrogen (secondary N) is 2. The van der Waals surface area contributed by atoms with Gasteiger partial charge in [-0.3, -0.25) is 19.2 Å². The molecule has 1 aliphatic rings. The van der Waals surface area contributed by atoms with E-state index in [1.165, 1.54) is 5.06 Å². The highest BCUT2D eigenvalue weighted by atomic mass is 31.2. The van der Waals surface area contributed by atoms with E-state index >= 15 is 0 Å². The zero-order valence-electron chi connectivity index (χ0n) is 10.9. The molecule has 2 heterocycles. The molecular weight excluding hydrogens is 305 g/mol. The summed E-state index contributed by atoms with van der Waals surface area (Å²) in [4.78, 5) is 40.9. The van der Waals surface area contributed by atoms with E-state index in [-0.39, 0.29) is 30.5 Å². The summed E-state index contributed by atoms with van der Waals surface area (Å²) in [5.41, 5.74) is 5.16. The summed E-state index contributed by atoms with van der Waals surface area (Å²) in [5, 5.41) is 13.2. The molecule has 0 radical (unpaired) electrons. The summed E-state index contributed by atoms with van der Waals surface area (Å²) in [6.07, 6.45) is -1.31. The number of aromatic amines is 1. The highest BCUT2D eigenvalue weighted by molar-refractivity contribution is 7.51. The molecule has 11 nitrogen and oxygen atoms in total. The number of nitrogen functional groups attached to an aromatic ring is 1. The number of nitrogens with zero attached hydrogens (tertiary/aromatic N) is 2. The van der Waals surface area contributed by atoms with Gasteiger partial charge in [-0.25, -0.2) is 5.06 Å². The van der Waals surface area contributed by atoms with Gasteiger partial charge in [0.2, 0.25) is 5.95 Å². The lowest BCUT2D eigenvalue weighted by Gasteiger charge is -2.23. The van der Waals surface area contributed by atoms with Gasteiger partial charge in [0.1, 0.15) is 18.5 Å². The van der Waals surface area contributed by atoms with Gasteiger partial charge in [0.15, 0.2) is 5.82 Å². The van der Waals surface area contributed by atoms with Crippen molar-refractivity contribution in [1.82, 2.24) is 9.97 Å². The molecule has 0 aromatic carbocycles. The number of hydroxylamine groups is 1. The van der Waals surface area contributed by atoms with Crippen molar-refractivity contribution in [2.24, 2.45) is 0 Å². The Morgan fingerprint density at radius 1 is 1.52 bits per heavy atom. The molecule has 1 aliphatic heterocycles. The van der Waals surface area contributed by atoms with Crippen LogP contribution in [0.15, 0.2) is 4.79 Å². The van der Waals surface area contributed by atoms with Crippen molar-refractivity contribution in [1.29, 1.82) is 0 Å². The summed E-state index contributed by atoms with van der Waals surface area (Å²) in [6, 6.07) is 0. The molecule has 21 heavy (non-hydrogen) atoms. The van der Waals surface area contributed by atoms with Gasteiger partial charge in [-0.1, -0.05) is 0 Å². The highest BCUT2D eigenvalue weighted by Crippen LogP contribution is 2.36. The van der Waals surface area contributed by atoms with E-state index in [1.807, 2.05) is 0 Å². The van der Waals surface area contributed by atoms with Crippen LogP contribution in [0, 0.1) is 0 Å². The topological polar surface area (TPSA) is 174 Å². The Balaban J connectivity index is 2.08. The largest absolute Gasteiger partial charge is 0.394 e. The van der Waals surface area contributed by atoms with E-state index in [4.69, 9.17) is 20.4 Å². The van der Waals surface area contributed by atoms with Crippen molar-refractivity contribution >= 4 is 25.0 Å². The first-order chi connectivity index (χ1) is 9.80. The number of rotatable bonds is 6. The van der Waals surface area contributed by atoms with Gasteiger partial charge in [0.05, 0.1) is 12.8 Å². The van der Waals surface area contributed by atoms with Gasteiger partial charge in [0.25, 0.3) is 5.56 Å². The lowest BCUT2D eigenvalue weighted by molar-refractivity contribution is -0.00204. The average Bonchev–Trinajstić information content (AvgIpc) is 2.76. The molecular formula is C9H16N5O6P. The minimum Gasteiger partial charge on any atom is -0.394 e. The second kappa shape index (κ2) is 6.00. The van der Waals surface area contributed by atoms with Crippen molar-refractivity contribution in [2.75, 3.05) is 35.6 Å². The molecule has 0 saturated heterocycles. The predicted molar refractivity (Wildman–Crippen MR) is 73.7 cm³/mol. The first-order valence-corrected chi connectivity index (χ1v) is 7.83. The number of H-pyrrole nitrogens is 1. The first kappa shape index (κ1) is 15.7. The van der Waals surface area contributed by atoms with Crippen LogP contribution < -0.4 is 21.7 Å². The van der Waals surface area contributed by atoms with Gasteiger partial charge in [-0.05, 0) is 6.42 Å². The Kier molecular flexibility index (Phi) is 4.49. The normalized spacial score (nSPS) is 15.7. The summed E-state index contributed by atoms with van der Waals surface area (Å²) in [5.74, 6) is 0.0673. The maximum atomic E-state index is 11.6. The Morgan fingerprint density at radius 3 is 2.86 bits per heavy atom. The quantitative estimate of drug-likeness (QED) is 0.335.